The van der Waals surface area contributed by atoms with Crippen molar-refractivity contribution < 1.29 is 18.1 Å². The number of halogens is 3. The first kappa shape index (κ1) is 20.3. The van der Waals surface area contributed by atoms with Crippen molar-refractivity contribution >= 4 is 28.8 Å². The molecule has 3 aromatic rings. The van der Waals surface area contributed by atoms with Crippen molar-refractivity contribution in [2.24, 2.45) is 7.05 Å². The predicted octanol–water partition coefficient (Wildman–Crippen LogP) is 4.37. The summed E-state index contributed by atoms with van der Waals surface area (Å²) in [5, 5.41) is 25.5. The highest BCUT2D eigenvalue weighted by molar-refractivity contribution is 7.99. The molecule has 8 nitrogen and oxygen atoms in total. The van der Waals surface area contributed by atoms with Crippen LogP contribution in [0.25, 0.3) is 5.70 Å². The molecule has 0 radical (unpaired) electrons. The molecule has 2 aromatic carbocycles. The Morgan fingerprint density at radius 1 is 1.28 bits per heavy atom. The van der Waals surface area contributed by atoms with E-state index in [1.165, 1.54) is 35.0 Å². The van der Waals surface area contributed by atoms with Crippen LogP contribution in [0.2, 0.25) is 0 Å². The summed E-state index contributed by atoms with van der Waals surface area (Å²) >= 11 is 1.14. The summed E-state index contributed by atoms with van der Waals surface area (Å²) in [6.07, 6.45) is -4.50. The number of benzene rings is 2. The maximum Gasteiger partial charge on any atom is 0.416 e. The van der Waals surface area contributed by atoms with Gasteiger partial charge >= 0.3 is 6.18 Å². The number of non-ortho nitro benzene ring substituents is 1. The lowest BCUT2D eigenvalue weighted by molar-refractivity contribution is -0.384. The number of nitrogens with one attached hydrogen (secondary N) is 1. The van der Waals surface area contributed by atoms with Crippen molar-refractivity contribution in [3.63, 3.8) is 0 Å². The lowest BCUT2D eigenvalue weighted by Gasteiger charge is -2.15. The summed E-state index contributed by atoms with van der Waals surface area (Å²) in [6, 6.07) is 8.68. The van der Waals surface area contributed by atoms with Crippen LogP contribution < -0.4 is 5.32 Å². The number of nitro groups is 1. The summed E-state index contributed by atoms with van der Waals surface area (Å²) < 4.78 is 40.2. The van der Waals surface area contributed by atoms with Crippen LogP contribution in [0.15, 0.2) is 59.1 Å². The Morgan fingerprint density at radius 3 is 2.66 bits per heavy atom. The Labute approximate surface area is 166 Å². The third-order valence-corrected chi connectivity index (χ3v) is 4.87. The number of hydrogen-bond donors (Lipinski definition) is 1. The molecule has 0 unspecified atom stereocenters. The molecule has 12 heteroatoms. The molecule has 1 heterocycles. The molecule has 3 rings (SSSR count). The van der Waals surface area contributed by atoms with Gasteiger partial charge in [-0.2, -0.15) is 13.2 Å². The zero-order valence-electron chi connectivity index (χ0n) is 14.8. The van der Waals surface area contributed by atoms with Crippen molar-refractivity contribution in [1.29, 1.82) is 0 Å². The van der Waals surface area contributed by atoms with Crippen LogP contribution in [0, 0.1) is 10.1 Å². The third kappa shape index (κ3) is 4.71. The second-order valence-corrected chi connectivity index (χ2v) is 6.82. The van der Waals surface area contributed by atoms with Crippen LogP contribution in [-0.4, -0.2) is 25.1 Å². The van der Waals surface area contributed by atoms with Gasteiger partial charge in [-0.1, -0.05) is 12.6 Å². The van der Waals surface area contributed by atoms with Gasteiger partial charge in [-0.25, -0.2) is 4.68 Å². The van der Waals surface area contributed by atoms with Crippen molar-refractivity contribution in [2.45, 2.75) is 16.2 Å². The van der Waals surface area contributed by atoms with E-state index in [9.17, 15) is 23.3 Å². The monoisotopic (exact) mass is 422 g/mol. The molecule has 29 heavy (non-hydrogen) atoms. The molecule has 0 atom stereocenters. The number of anilines is 1. The molecule has 0 aliphatic rings. The minimum Gasteiger partial charge on any atom is -0.355 e. The van der Waals surface area contributed by atoms with Crippen LogP contribution >= 0.6 is 11.8 Å². The van der Waals surface area contributed by atoms with Gasteiger partial charge in [0.05, 0.1) is 10.5 Å². The highest BCUT2D eigenvalue weighted by Crippen LogP contribution is 2.36. The lowest BCUT2D eigenvalue weighted by atomic mass is 10.1. The SMILES string of the molecule is C=C(Nc1cccc(C(F)(F)F)c1)c1cc([N+](=O)[O-])ccc1Sc1nnnn1C. The summed E-state index contributed by atoms with van der Waals surface area (Å²) in [5.41, 5.74) is -0.343. The van der Waals surface area contributed by atoms with Crippen LogP contribution in [-0.2, 0) is 13.2 Å². The number of rotatable bonds is 6. The molecule has 0 saturated heterocycles. The van der Waals surface area contributed by atoms with Gasteiger partial charge in [0, 0.05) is 41.0 Å². The van der Waals surface area contributed by atoms with Crippen LogP contribution in [0.3, 0.4) is 0 Å². The van der Waals surface area contributed by atoms with Gasteiger partial charge in [0.15, 0.2) is 0 Å². The van der Waals surface area contributed by atoms with E-state index in [4.69, 9.17) is 0 Å². The van der Waals surface area contributed by atoms with E-state index in [0.29, 0.717) is 15.6 Å². The van der Waals surface area contributed by atoms with E-state index >= 15 is 0 Å². The molecule has 0 bridgehead atoms. The van der Waals surface area contributed by atoms with E-state index in [0.717, 1.165) is 23.9 Å². The van der Waals surface area contributed by atoms with Gasteiger partial charge in [-0.05, 0) is 46.5 Å². The van der Waals surface area contributed by atoms with Crippen molar-refractivity contribution in [3.8, 4) is 0 Å². The predicted molar refractivity (Wildman–Crippen MR) is 100 cm³/mol. The third-order valence-electron chi connectivity index (χ3n) is 3.77. The maximum absolute atomic E-state index is 12.9. The number of nitro benzene ring substituents is 1. The number of hydrogen-bond acceptors (Lipinski definition) is 7. The molecule has 0 amide bonds. The molecule has 150 valence electrons. The standard InChI is InChI=1S/C17H13F3N6O2S/c1-10(21-12-5-3-4-11(8-12)17(18,19)20)14-9-13(26(27)28)6-7-15(14)29-16-22-23-24-25(16)2/h3-9,21H,1H2,2H3. The smallest absolute Gasteiger partial charge is 0.355 e. The van der Waals surface area contributed by atoms with Crippen LogP contribution in [0.1, 0.15) is 11.1 Å². The molecule has 0 aliphatic carbocycles. The van der Waals surface area contributed by atoms with Gasteiger partial charge in [-0.15, -0.1) is 5.10 Å². The number of aryl methyl sites for hydroxylation is 1. The molecular weight excluding hydrogens is 409 g/mol. The fraction of sp³-hybridized carbons (Fsp3) is 0.118. The van der Waals surface area contributed by atoms with E-state index < -0.39 is 16.7 Å². The van der Waals surface area contributed by atoms with Crippen molar-refractivity contribution in [3.05, 3.63) is 70.3 Å². The van der Waals surface area contributed by atoms with Gasteiger partial charge < -0.3 is 5.32 Å². The normalized spacial score (nSPS) is 11.3. The van der Waals surface area contributed by atoms with Crippen LogP contribution in [0.5, 0.6) is 0 Å². The van der Waals surface area contributed by atoms with E-state index in [1.54, 1.807) is 7.05 Å². The Bertz CT molecular complexity index is 1080. The largest absolute Gasteiger partial charge is 0.416 e. The van der Waals surface area contributed by atoms with E-state index in [-0.39, 0.29) is 17.1 Å². The zero-order chi connectivity index (χ0) is 21.2. The highest BCUT2D eigenvalue weighted by atomic mass is 32.2. The molecule has 0 aliphatic heterocycles. The van der Waals surface area contributed by atoms with Crippen molar-refractivity contribution in [2.75, 3.05) is 5.32 Å². The molecule has 0 fully saturated rings. The summed E-state index contributed by atoms with van der Waals surface area (Å²) in [6.45, 7) is 3.84. The van der Waals surface area contributed by atoms with Gasteiger partial charge in [0.1, 0.15) is 0 Å². The maximum atomic E-state index is 12.9. The molecule has 1 aromatic heterocycles. The second-order valence-electron chi connectivity index (χ2n) is 5.81. The minimum absolute atomic E-state index is 0.146. The highest BCUT2D eigenvalue weighted by Gasteiger charge is 2.30. The van der Waals surface area contributed by atoms with Gasteiger partial charge in [0.25, 0.3) is 5.69 Å². The molecular formula is C17H13F3N6O2S. The zero-order valence-corrected chi connectivity index (χ0v) is 15.7. The minimum atomic E-state index is -4.50. The topological polar surface area (TPSA) is 98.8 Å². The number of tetrazole rings is 1. The summed E-state index contributed by atoms with van der Waals surface area (Å²) in [7, 11) is 1.63. The lowest BCUT2D eigenvalue weighted by Crippen LogP contribution is -2.06. The first-order chi connectivity index (χ1) is 13.6. The number of aromatic nitrogens is 4. The summed E-state index contributed by atoms with van der Waals surface area (Å²) in [5.74, 6) is 0. The van der Waals surface area contributed by atoms with E-state index in [1.807, 2.05) is 0 Å². The Hall–Kier alpha value is -3.41. The molecule has 1 N–H and O–H groups in total. The number of alkyl halides is 3. The Balaban J connectivity index is 1.95. The van der Waals surface area contributed by atoms with Gasteiger partial charge in [0.2, 0.25) is 5.16 Å². The first-order valence-electron chi connectivity index (χ1n) is 7.97. The number of nitrogens with zero attached hydrogens (tertiary/aromatic N) is 5. The fourth-order valence-electron chi connectivity index (χ4n) is 2.38. The second kappa shape index (κ2) is 7.91. The summed E-state index contributed by atoms with van der Waals surface area (Å²) in [4.78, 5) is 11.1. The first-order valence-corrected chi connectivity index (χ1v) is 8.79. The average Bonchev–Trinajstić information content (AvgIpc) is 3.06. The van der Waals surface area contributed by atoms with E-state index in [2.05, 4.69) is 27.4 Å². The quantitative estimate of drug-likeness (QED) is 0.465. The van der Waals surface area contributed by atoms with Crippen LogP contribution in [0.4, 0.5) is 24.5 Å². The molecule has 0 saturated carbocycles. The van der Waals surface area contributed by atoms with Crippen molar-refractivity contribution in [1.82, 2.24) is 20.2 Å². The Morgan fingerprint density at radius 2 is 2.03 bits per heavy atom. The average molecular weight is 422 g/mol. The van der Waals surface area contributed by atoms with Gasteiger partial charge in [-0.3, -0.25) is 10.1 Å². The Kier molecular flexibility index (Phi) is 5.55. The molecule has 0 spiro atoms. The fourth-order valence-corrected chi connectivity index (χ4v) is 3.25.